The summed E-state index contributed by atoms with van der Waals surface area (Å²) in [5.74, 6) is -0.183. The minimum absolute atomic E-state index is 0.0218. The summed E-state index contributed by atoms with van der Waals surface area (Å²) in [6, 6.07) is 13.1. The Morgan fingerprint density at radius 3 is 2.28 bits per heavy atom. The number of ether oxygens (including phenoxy) is 1. The van der Waals surface area contributed by atoms with Crippen molar-refractivity contribution in [2.45, 2.75) is 59.5 Å². The molecule has 0 aliphatic carbocycles. The molecule has 2 amide bonds. The van der Waals surface area contributed by atoms with Crippen LogP contribution in [0.2, 0.25) is 0 Å². The van der Waals surface area contributed by atoms with E-state index in [4.69, 9.17) is 4.74 Å². The number of rotatable bonds is 9. The van der Waals surface area contributed by atoms with Crippen molar-refractivity contribution in [2.75, 3.05) is 13.2 Å². The van der Waals surface area contributed by atoms with E-state index in [2.05, 4.69) is 26.1 Å². The van der Waals surface area contributed by atoms with E-state index in [9.17, 15) is 14.0 Å². The molecule has 0 aromatic heterocycles. The molecule has 2 rings (SSSR count). The number of halogens is 1. The second-order valence-electron chi connectivity index (χ2n) is 9.46. The second-order valence-corrected chi connectivity index (χ2v) is 9.46. The zero-order valence-corrected chi connectivity index (χ0v) is 19.9. The Morgan fingerprint density at radius 2 is 1.66 bits per heavy atom. The Kier molecular flexibility index (Phi) is 8.81. The maximum Gasteiger partial charge on any atom is 0.261 e. The molecule has 5 nitrogen and oxygen atoms in total. The number of hydrogen-bond acceptors (Lipinski definition) is 3. The molecule has 0 fully saturated rings. The van der Waals surface area contributed by atoms with Gasteiger partial charge in [0, 0.05) is 18.7 Å². The maximum atomic E-state index is 14.3. The van der Waals surface area contributed by atoms with Gasteiger partial charge in [0.2, 0.25) is 5.91 Å². The molecule has 0 radical (unpaired) electrons. The van der Waals surface area contributed by atoms with Crippen molar-refractivity contribution in [1.82, 2.24) is 10.2 Å². The minimum Gasteiger partial charge on any atom is -0.483 e. The number of carbonyl (C=O) groups is 2. The molecule has 0 bridgehead atoms. The first-order chi connectivity index (χ1) is 15.0. The van der Waals surface area contributed by atoms with Gasteiger partial charge in [-0.1, -0.05) is 71.0 Å². The molecule has 174 valence electrons. The quantitative estimate of drug-likeness (QED) is 0.613. The molecule has 1 unspecified atom stereocenters. The summed E-state index contributed by atoms with van der Waals surface area (Å²) in [7, 11) is 0. The third-order valence-electron chi connectivity index (χ3n) is 5.20. The van der Waals surface area contributed by atoms with E-state index in [0.29, 0.717) is 17.9 Å². The van der Waals surface area contributed by atoms with Crippen LogP contribution in [0, 0.1) is 11.7 Å². The fraction of sp³-hybridized carbons (Fsp3) is 0.462. The molecular formula is C26H35FN2O3. The molecule has 6 heteroatoms. The minimum atomic E-state index is -0.776. The van der Waals surface area contributed by atoms with Crippen molar-refractivity contribution in [3.8, 4) is 5.75 Å². The van der Waals surface area contributed by atoms with Crippen LogP contribution in [0.3, 0.4) is 0 Å². The number of nitrogens with one attached hydrogen (secondary N) is 1. The third kappa shape index (κ3) is 7.08. The van der Waals surface area contributed by atoms with Crippen LogP contribution >= 0.6 is 0 Å². The first-order valence-electron chi connectivity index (χ1n) is 11.0. The standard InChI is InChI=1S/C26H35FN2O3/c1-18(2)15-28-25(31)19(3)29(16-20-11-7-9-13-22(20)27)24(30)17-32-23-14-10-8-12-21(23)26(4,5)6/h7-14,18-19H,15-17H2,1-6H3,(H,28,31). The molecular weight excluding hydrogens is 407 g/mol. The highest BCUT2D eigenvalue weighted by molar-refractivity contribution is 5.88. The molecule has 2 aromatic carbocycles. The highest BCUT2D eigenvalue weighted by Crippen LogP contribution is 2.31. The van der Waals surface area contributed by atoms with Gasteiger partial charge in [0.25, 0.3) is 5.91 Å². The highest BCUT2D eigenvalue weighted by Gasteiger charge is 2.28. The molecule has 32 heavy (non-hydrogen) atoms. The highest BCUT2D eigenvalue weighted by atomic mass is 19.1. The largest absolute Gasteiger partial charge is 0.483 e. The van der Waals surface area contributed by atoms with Crippen molar-refractivity contribution in [1.29, 1.82) is 0 Å². The van der Waals surface area contributed by atoms with Crippen LogP contribution in [0.25, 0.3) is 0 Å². The van der Waals surface area contributed by atoms with Gasteiger partial charge in [-0.2, -0.15) is 0 Å². The van der Waals surface area contributed by atoms with E-state index in [0.717, 1.165) is 5.56 Å². The molecule has 1 N–H and O–H groups in total. The first-order valence-corrected chi connectivity index (χ1v) is 11.0. The van der Waals surface area contributed by atoms with E-state index in [-0.39, 0.29) is 36.3 Å². The molecule has 0 aliphatic heterocycles. The maximum absolute atomic E-state index is 14.3. The fourth-order valence-electron chi connectivity index (χ4n) is 3.28. The van der Waals surface area contributed by atoms with Gasteiger partial charge in [0.05, 0.1) is 0 Å². The zero-order valence-electron chi connectivity index (χ0n) is 19.9. The lowest BCUT2D eigenvalue weighted by atomic mass is 9.86. The average Bonchev–Trinajstić information content (AvgIpc) is 2.74. The summed E-state index contributed by atoms with van der Waals surface area (Å²) >= 11 is 0. The molecule has 0 saturated heterocycles. The molecule has 1 atom stereocenters. The lowest BCUT2D eigenvalue weighted by Crippen LogP contribution is -2.49. The lowest BCUT2D eigenvalue weighted by molar-refractivity contribution is -0.142. The summed E-state index contributed by atoms with van der Waals surface area (Å²) in [5.41, 5.74) is 1.17. The van der Waals surface area contributed by atoms with Gasteiger partial charge >= 0.3 is 0 Å². The van der Waals surface area contributed by atoms with Gasteiger partial charge < -0.3 is 15.0 Å². The molecule has 2 aromatic rings. The lowest BCUT2D eigenvalue weighted by Gasteiger charge is -2.29. The van der Waals surface area contributed by atoms with Gasteiger partial charge in [-0.05, 0) is 36.0 Å². The summed E-state index contributed by atoms with van der Waals surface area (Å²) in [6.45, 7) is 12.1. The number of carbonyl (C=O) groups excluding carboxylic acids is 2. The zero-order chi connectivity index (χ0) is 23.9. The van der Waals surface area contributed by atoms with Gasteiger partial charge in [-0.25, -0.2) is 4.39 Å². The van der Waals surface area contributed by atoms with E-state index < -0.39 is 11.9 Å². The molecule has 0 heterocycles. The number of amides is 2. The molecule has 0 aliphatic rings. The van der Waals surface area contributed by atoms with E-state index >= 15 is 0 Å². The number of para-hydroxylation sites is 1. The van der Waals surface area contributed by atoms with Gasteiger partial charge in [0.15, 0.2) is 6.61 Å². The molecule has 0 spiro atoms. The number of nitrogens with zero attached hydrogens (tertiary/aromatic N) is 1. The Hall–Kier alpha value is -2.89. The van der Waals surface area contributed by atoms with Crippen LogP contribution in [0.5, 0.6) is 5.75 Å². The van der Waals surface area contributed by atoms with Crippen LogP contribution in [-0.4, -0.2) is 35.9 Å². The van der Waals surface area contributed by atoms with Crippen molar-refractivity contribution in [3.63, 3.8) is 0 Å². The smallest absolute Gasteiger partial charge is 0.261 e. The van der Waals surface area contributed by atoms with Crippen LogP contribution in [0.4, 0.5) is 4.39 Å². The van der Waals surface area contributed by atoms with Gasteiger partial charge in [0.1, 0.15) is 17.6 Å². The van der Waals surface area contributed by atoms with Gasteiger partial charge in [-0.3, -0.25) is 9.59 Å². The Morgan fingerprint density at radius 1 is 1.03 bits per heavy atom. The van der Waals surface area contributed by atoms with Crippen LogP contribution in [-0.2, 0) is 21.5 Å². The topological polar surface area (TPSA) is 58.6 Å². The van der Waals surface area contributed by atoms with Crippen LogP contribution < -0.4 is 10.1 Å². The van der Waals surface area contributed by atoms with Crippen molar-refractivity contribution < 1.29 is 18.7 Å². The van der Waals surface area contributed by atoms with Crippen LogP contribution in [0.15, 0.2) is 48.5 Å². The number of hydrogen-bond donors (Lipinski definition) is 1. The normalized spacial score (nSPS) is 12.4. The summed E-state index contributed by atoms with van der Waals surface area (Å²) < 4.78 is 20.2. The third-order valence-corrected chi connectivity index (χ3v) is 5.20. The fourth-order valence-corrected chi connectivity index (χ4v) is 3.28. The second kappa shape index (κ2) is 11.1. The van der Waals surface area contributed by atoms with Crippen LogP contribution in [0.1, 0.15) is 52.7 Å². The first kappa shape index (κ1) is 25.4. The van der Waals surface area contributed by atoms with E-state index in [1.807, 2.05) is 38.1 Å². The predicted molar refractivity (Wildman–Crippen MR) is 125 cm³/mol. The Labute approximate surface area is 191 Å². The summed E-state index contributed by atoms with van der Waals surface area (Å²) in [5, 5.41) is 2.85. The average molecular weight is 443 g/mol. The SMILES string of the molecule is CC(C)CNC(=O)C(C)N(Cc1ccccc1F)C(=O)COc1ccccc1C(C)(C)C. The van der Waals surface area contributed by atoms with Crippen molar-refractivity contribution in [3.05, 3.63) is 65.5 Å². The monoisotopic (exact) mass is 442 g/mol. The predicted octanol–water partition coefficient (Wildman–Crippen LogP) is 4.69. The van der Waals surface area contributed by atoms with E-state index in [1.54, 1.807) is 25.1 Å². The summed E-state index contributed by atoms with van der Waals surface area (Å²) in [6.07, 6.45) is 0. The van der Waals surface area contributed by atoms with E-state index in [1.165, 1.54) is 11.0 Å². The van der Waals surface area contributed by atoms with Crippen molar-refractivity contribution >= 4 is 11.8 Å². The molecule has 0 saturated carbocycles. The van der Waals surface area contributed by atoms with Crippen molar-refractivity contribution in [2.24, 2.45) is 5.92 Å². The summed E-state index contributed by atoms with van der Waals surface area (Å²) in [4.78, 5) is 27.2. The Balaban J connectivity index is 2.22. The van der Waals surface area contributed by atoms with Gasteiger partial charge in [-0.15, -0.1) is 0 Å². The number of benzene rings is 2. The Bertz CT molecular complexity index is 921.